The van der Waals surface area contributed by atoms with Crippen LogP contribution in [0.25, 0.3) is 0 Å². The number of allylic oxidation sites excluding steroid dienone is 2. The highest BCUT2D eigenvalue weighted by molar-refractivity contribution is 4.87. The van der Waals surface area contributed by atoms with Crippen molar-refractivity contribution in [2.45, 2.75) is 76.3 Å². The van der Waals surface area contributed by atoms with Crippen molar-refractivity contribution >= 4 is 0 Å². The van der Waals surface area contributed by atoms with E-state index in [1.165, 1.54) is 19.3 Å². The molecule has 1 heterocycles. The van der Waals surface area contributed by atoms with Crippen molar-refractivity contribution in [2.24, 2.45) is 0 Å². The van der Waals surface area contributed by atoms with Crippen molar-refractivity contribution in [1.29, 1.82) is 0 Å². The molecule has 1 saturated heterocycles. The van der Waals surface area contributed by atoms with Crippen LogP contribution < -0.4 is 0 Å². The largest absolute Gasteiger partial charge is 0.388 e. The van der Waals surface area contributed by atoms with Gasteiger partial charge in [-0.05, 0) is 25.7 Å². The van der Waals surface area contributed by atoms with Crippen LogP contribution in [-0.4, -0.2) is 59.6 Å². The smallest absolute Gasteiger partial charge is 0.114 e. The number of aliphatic hydroxyl groups excluding tert-OH is 3. The first-order valence-corrected chi connectivity index (χ1v) is 8.55. The average Bonchev–Trinajstić information content (AvgIpc) is 2.84. The molecule has 0 aromatic heterocycles. The van der Waals surface area contributed by atoms with Crippen LogP contribution in [0.2, 0.25) is 0 Å². The Morgan fingerprint density at radius 2 is 1.86 bits per heavy atom. The zero-order valence-corrected chi connectivity index (χ0v) is 13.7. The van der Waals surface area contributed by atoms with Crippen LogP contribution in [0.5, 0.6) is 0 Å². The summed E-state index contributed by atoms with van der Waals surface area (Å²) in [5.74, 6) is 0. The third kappa shape index (κ3) is 7.70. The summed E-state index contributed by atoms with van der Waals surface area (Å²) in [6.45, 7) is 2.99. The molecule has 5 nitrogen and oxygen atoms in total. The molecule has 5 heteroatoms. The molecule has 0 spiro atoms. The predicted molar refractivity (Wildman–Crippen MR) is 85.7 cm³/mol. The van der Waals surface area contributed by atoms with Gasteiger partial charge in [0.25, 0.3) is 0 Å². The summed E-state index contributed by atoms with van der Waals surface area (Å²) >= 11 is 0. The maximum atomic E-state index is 9.85. The van der Waals surface area contributed by atoms with E-state index in [9.17, 15) is 15.3 Å². The van der Waals surface area contributed by atoms with Gasteiger partial charge in [0.1, 0.15) is 24.4 Å². The summed E-state index contributed by atoms with van der Waals surface area (Å²) in [5, 5.41) is 28.8. The van der Waals surface area contributed by atoms with Crippen molar-refractivity contribution in [2.75, 3.05) is 19.8 Å². The van der Waals surface area contributed by atoms with E-state index in [1.54, 1.807) is 0 Å². The SMILES string of the molecule is CCCC/C=C/CCCCCOC[C@@H](O)[C@H]1OC[C@H](O)[C@H]1O. The van der Waals surface area contributed by atoms with Gasteiger partial charge >= 0.3 is 0 Å². The fourth-order valence-corrected chi connectivity index (χ4v) is 2.46. The van der Waals surface area contributed by atoms with Gasteiger partial charge in [0.05, 0.1) is 13.2 Å². The molecule has 1 rings (SSSR count). The van der Waals surface area contributed by atoms with Crippen molar-refractivity contribution in [3.8, 4) is 0 Å². The van der Waals surface area contributed by atoms with E-state index in [2.05, 4.69) is 19.1 Å². The Balaban J connectivity index is 1.92. The first-order chi connectivity index (χ1) is 10.7. The lowest BCUT2D eigenvalue weighted by atomic mass is 10.1. The average molecular weight is 316 g/mol. The number of rotatable bonds is 12. The summed E-state index contributed by atoms with van der Waals surface area (Å²) in [5.41, 5.74) is 0. The van der Waals surface area contributed by atoms with Crippen molar-refractivity contribution in [3.63, 3.8) is 0 Å². The van der Waals surface area contributed by atoms with Crippen LogP contribution in [0.15, 0.2) is 12.2 Å². The Morgan fingerprint density at radius 3 is 2.50 bits per heavy atom. The fraction of sp³-hybridized carbons (Fsp3) is 0.882. The Bertz CT molecular complexity index is 295. The normalized spacial score (nSPS) is 26.8. The van der Waals surface area contributed by atoms with Crippen LogP contribution in [-0.2, 0) is 9.47 Å². The standard InChI is InChI=1S/C17H32O5/c1-2-3-4-5-6-7-8-9-10-11-21-12-15(19)17-16(20)14(18)13-22-17/h5-6,14-20H,2-4,7-13H2,1H3/b6-5+/t14-,15+,16+,17+/m0/s1. The molecule has 0 unspecified atom stereocenters. The maximum Gasteiger partial charge on any atom is 0.114 e. The van der Waals surface area contributed by atoms with Crippen LogP contribution in [0.1, 0.15) is 51.9 Å². The van der Waals surface area contributed by atoms with Crippen molar-refractivity contribution < 1.29 is 24.8 Å². The summed E-state index contributed by atoms with van der Waals surface area (Å²) in [6, 6.07) is 0. The van der Waals surface area contributed by atoms with E-state index in [1.807, 2.05) is 0 Å². The molecule has 130 valence electrons. The second kappa shape index (κ2) is 12.0. The number of aliphatic hydroxyl groups is 3. The predicted octanol–water partition coefficient (Wildman–Crippen LogP) is 1.79. The highest BCUT2D eigenvalue weighted by atomic mass is 16.5. The zero-order valence-electron chi connectivity index (χ0n) is 13.7. The number of ether oxygens (including phenoxy) is 2. The topological polar surface area (TPSA) is 79.2 Å². The van der Waals surface area contributed by atoms with Gasteiger partial charge in [0.15, 0.2) is 0 Å². The van der Waals surface area contributed by atoms with Gasteiger partial charge in [-0.3, -0.25) is 0 Å². The minimum atomic E-state index is -1.03. The molecule has 3 N–H and O–H groups in total. The first-order valence-electron chi connectivity index (χ1n) is 8.55. The van der Waals surface area contributed by atoms with Crippen molar-refractivity contribution in [3.05, 3.63) is 12.2 Å². The minimum Gasteiger partial charge on any atom is -0.388 e. The zero-order chi connectivity index (χ0) is 16.2. The molecule has 0 aromatic carbocycles. The van der Waals surface area contributed by atoms with Gasteiger partial charge in [-0.1, -0.05) is 38.3 Å². The van der Waals surface area contributed by atoms with E-state index in [0.717, 1.165) is 25.7 Å². The van der Waals surface area contributed by atoms with E-state index < -0.39 is 24.4 Å². The highest BCUT2D eigenvalue weighted by Crippen LogP contribution is 2.17. The van der Waals surface area contributed by atoms with E-state index in [-0.39, 0.29) is 13.2 Å². The summed E-state index contributed by atoms with van der Waals surface area (Å²) in [4.78, 5) is 0. The van der Waals surface area contributed by atoms with E-state index in [0.29, 0.717) is 6.61 Å². The highest BCUT2D eigenvalue weighted by Gasteiger charge is 2.39. The molecule has 1 fully saturated rings. The van der Waals surface area contributed by atoms with Gasteiger partial charge in [-0.15, -0.1) is 0 Å². The summed E-state index contributed by atoms with van der Waals surface area (Å²) < 4.78 is 10.6. The Morgan fingerprint density at radius 1 is 1.14 bits per heavy atom. The number of unbranched alkanes of at least 4 members (excludes halogenated alkanes) is 5. The van der Waals surface area contributed by atoms with Crippen LogP contribution in [0.3, 0.4) is 0 Å². The fourth-order valence-electron chi connectivity index (χ4n) is 2.46. The Labute approximate surface area is 133 Å². The molecule has 4 atom stereocenters. The third-order valence-corrected chi connectivity index (χ3v) is 3.91. The lowest BCUT2D eigenvalue weighted by Gasteiger charge is -2.20. The molecule has 0 aliphatic carbocycles. The summed E-state index contributed by atoms with van der Waals surface area (Å²) in [7, 11) is 0. The molecule has 0 radical (unpaired) electrons. The lowest BCUT2D eigenvalue weighted by Crippen LogP contribution is -2.40. The molecular formula is C17H32O5. The molecule has 0 bridgehead atoms. The molecule has 0 saturated carbocycles. The quantitative estimate of drug-likeness (QED) is 0.378. The van der Waals surface area contributed by atoms with Crippen molar-refractivity contribution in [1.82, 2.24) is 0 Å². The molecule has 22 heavy (non-hydrogen) atoms. The molecule has 0 aromatic rings. The third-order valence-electron chi connectivity index (χ3n) is 3.91. The van der Waals surface area contributed by atoms with E-state index >= 15 is 0 Å². The van der Waals surface area contributed by atoms with E-state index in [4.69, 9.17) is 9.47 Å². The molecule has 0 amide bonds. The van der Waals surface area contributed by atoms with Gasteiger partial charge in [-0.2, -0.15) is 0 Å². The van der Waals surface area contributed by atoms with Crippen LogP contribution in [0, 0.1) is 0 Å². The second-order valence-electron chi connectivity index (χ2n) is 5.96. The Kier molecular flexibility index (Phi) is 10.7. The number of hydrogen-bond acceptors (Lipinski definition) is 5. The van der Waals surface area contributed by atoms with Gasteiger partial charge in [-0.25, -0.2) is 0 Å². The van der Waals surface area contributed by atoms with Crippen LogP contribution in [0.4, 0.5) is 0 Å². The number of hydrogen-bond donors (Lipinski definition) is 3. The molecule has 1 aliphatic heterocycles. The van der Waals surface area contributed by atoms with Gasteiger partial charge in [0, 0.05) is 6.61 Å². The maximum absolute atomic E-state index is 9.85. The minimum absolute atomic E-state index is 0.0642. The monoisotopic (exact) mass is 316 g/mol. The Hall–Kier alpha value is -0.460. The summed E-state index contributed by atoms with van der Waals surface area (Å²) in [6.07, 6.45) is 8.97. The molecule has 1 aliphatic rings. The first kappa shape index (κ1) is 19.6. The van der Waals surface area contributed by atoms with Crippen LogP contribution >= 0.6 is 0 Å². The molecular weight excluding hydrogens is 284 g/mol. The lowest BCUT2D eigenvalue weighted by molar-refractivity contribution is -0.0813. The van der Waals surface area contributed by atoms with Gasteiger partial charge < -0.3 is 24.8 Å². The second-order valence-corrected chi connectivity index (χ2v) is 5.96. The van der Waals surface area contributed by atoms with Gasteiger partial charge in [0.2, 0.25) is 0 Å².